The SMILES string of the molecule is CCC(C)NC(=O)C(C)Oc1ccc(F)cc1C. The van der Waals surface area contributed by atoms with Gasteiger partial charge in [0.1, 0.15) is 11.6 Å². The molecule has 0 saturated carbocycles. The van der Waals surface area contributed by atoms with Crippen LogP contribution in [0.15, 0.2) is 18.2 Å². The zero-order valence-corrected chi connectivity index (χ0v) is 11.3. The number of nitrogens with one attached hydrogen (secondary N) is 1. The molecule has 1 rings (SSSR count). The van der Waals surface area contributed by atoms with Crippen LogP contribution in [0.2, 0.25) is 0 Å². The predicted octanol–water partition coefficient (Wildman–Crippen LogP) is 2.82. The summed E-state index contributed by atoms with van der Waals surface area (Å²) in [7, 11) is 0. The average Bonchev–Trinajstić information content (AvgIpc) is 2.32. The fraction of sp³-hybridized carbons (Fsp3) is 0.500. The van der Waals surface area contributed by atoms with Crippen molar-refractivity contribution in [1.29, 1.82) is 0 Å². The maximum absolute atomic E-state index is 12.9. The van der Waals surface area contributed by atoms with Crippen molar-refractivity contribution >= 4 is 5.91 Å². The van der Waals surface area contributed by atoms with Crippen LogP contribution >= 0.6 is 0 Å². The highest BCUT2D eigenvalue weighted by Gasteiger charge is 2.17. The summed E-state index contributed by atoms with van der Waals surface area (Å²) in [6, 6.07) is 4.37. The molecule has 0 fully saturated rings. The van der Waals surface area contributed by atoms with Crippen molar-refractivity contribution < 1.29 is 13.9 Å². The van der Waals surface area contributed by atoms with E-state index in [9.17, 15) is 9.18 Å². The zero-order chi connectivity index (χ0) is 13.7. The van der Waals surface area contributed by atoms with Gasteiger partial charge in [0, 0.05) is 6.04 Å². The molecule has 2 unspecified atom stereocenters. The lowest BCUT2D eigenvalue weighted by Crippen LogP contribution is -2.41. The van der Waals surface area contributed by atoms with E-state index >= 15 is 0 Å². The molecule has 0 radical (unpaired) electrons. The molecule has 0 aromatic heterocycles. The second-order valence-electron chi connectivity index (χ2n) is 4.49. The third kappa shape index (κ3) is 4.02. The molecular weight excluding hydrogens is 233 g/mol. The molecule has 0 aliphatic carbocycles. The first-order valence-electron chi connectivity index (χ1n) is 6.17. The summed E-state index contributed by atoms with van der Waals surface area (Å²) in [5.41, 5.74) is 0.679. The summed E-state index contributed by atoms with van der Waals surface area (Å²) in [4.78, 5) is 11.8. The van der Waals surface area contributed by atoms with E-state index in [1.165, 1.54) is 18.2 Å². The quantitative estimate of drug-likeness (QED) is 0.876. The van der Waals surface area contributed by atoms with Crippen LogP contribution in [0, 0.1) is 12.7 Å². The number of rotatable bonds is 5. The van der Waals surface area contributed by atoms with Gasteiger partial charge in [0.15, 0.2) is 6.10 Å². The van der Waals surface area contributed by atoms with Gasteiger partial charge >= 0.3 is 0 Å². The van der Waals surface area contributed by atoms with E-state index in [1.54, 1.807) is 13.8 Å². The molecule has 0 bridgehead atoms. The monoisotopic (exact) mass is 253 g/mol. The summed E-state index contributed by atoms with van der Waals surface area (Å²) in [6.07, 6.45) is 0.275. The molecule has 4 heteroatoms. The Hall–Kier alpha value is -1.58. The third-order valence-corrected chi connectivity index (χ3v) is 2.81. The van der Waals surface area contributed by atoms with E-state index in [0.717, 1.165) is 6.42 Å². The highest BCUT2D eigenvalue weighted by atomic mass is 19.1. The van der Waals surface area contributed by atoms with E-state index < -0.39 is 6.10 Å². The lowest BCUT2D eigenvalue weighted by molar-refractivity contribution is -0.127. The van der Waals surface area contributed by atoms with Crippen LogP contribution in [0.1, 0.15) is 32.8 Å². The molecule has 0 spiro atoms. The Morgan fingerprint density at radius 3 is 2.67 bits per heavy atom. The Morgan fingerprint density at radius 1 is 1.44 bits per heavy atom. The van der Waals surface area contributed by atoms with Crippen LogP contribution in [0.3, 0.4) is 0 Å². The average molecular weight is 253 g/mol. The minimum absolute atomic E-state index is 0.123. The highest BCUT2D eigenvalue weighted by molar-refractivity contribution is 5.81. The Morgan fingerprint density at radius 2 is 2.11 bits per heavy atom. The number of halogens is 1. The summed E-state index contributed by atoms with van der Waals surface area (Å²) in [6.45, 7) is 7.37. The number of carbonyl (C=O) groups excluding carboxylic acids is 1. The second-order valence-corrected chi connectivity index (χ2v) is 4.49. The third-order valence-electron chi connectivity index (χ3n) is 2.81. The van der Waals surface area contributed by atoms with Crippen molar-refractivity contribution in [3.63, 3.8) is 0 Å². The standard InChI is InChI=1S/C14H20FNO2/c1-5-10(3)16-14(17)11(4)18-13-7-6-12(15)8-9(13)2/h6-8,10-11H,5H2,1-4H3,(H,16,17). The molecule has 3 nitrogen and oxygen atoms in total. The summed E-state index contributed by atoms with van der Waals surface area (Å²) < 4.78 is 18.5. The topological polar surface area (TPSA) is 38.3 Å². The molecule has 0 aliphatic heterocycles. The molecule has 2 atom stereocenters. The van der Waals surface area contributed by atoms with Gasteiger partial charge < -0.3 is 10.1 Å². The molecule has 18 heavy (non-hydrogen) atoms. The van der Waals surface area contributed by atoms with Crippen LogP contribution < -0.4 is 10.1 Å². The molecule has 1 aromatic carbocycles. The maximum Gasteiger partial charge on any atom is 0.260 e. The first-order valence-corrected chi connectivity index (χ1v) is 6.17. The number of aryl methyl sites for hydroxylation is 1. The number of hydrogen-bond acceptors (Lipinski definition) is 2. The van der Waals surface area contributed by atoms with E-state index in [2.05, 4.69) is 5.32 Å². The first-order chi connectivity index (χ1) is 8.43. The van der Waals surface area contributed by atoms with Crippen LogP contribution in [0.5, 0.6) is 5.75 Å². The molecule has 1 amide bonds. The highest BCUT2D eigenvalue weighted by Crippen LogP contribution is 2.19. The first kappa shape index (κ1) is 14.5. The molecule has 1 N–H and O–H groups in total. The van der Waals surface area contributed by atoms with Gasteiger partial charge in [0.25, 0.3) is 5.91 Å². The normalized spacial score (nSPS) is 13.8. The van der Waals surface area contributed by atoms with Gasteiger partial charge in [-0.1, -0.05) is 6.92 Å². The minimum atomic E-state index is -0.594. The fourth-order valence-electron chi connectivity index (χ4n) is 1.45. The van der Waals surface area contributed by atoms with Gasteiger partial charge in [-0.15, -0.1) is 0 Å². The van der Waals surface area contributed by atoms with Gasteiger partial charge in [-0.3, -0.25) is 4.79 Å². The van der Waals surface area contributed by atoms with E-state index in [4.69, 9.17) is 4.74 Å². The van der Waals surface area contributed by atoms with Crippen molar-refractivity contribution in [2.45, 2.75) is 46.3 Å². The van der Waals surface area contributed by atoms with Crippen LogP contribution in [-0.4, -0.2) is 18.1 Å². The van der Waals surface area contributed by atoms with E-state index in [0.29, 0.717) is 11.3 Å². The van der Waals surface area contributed by atoms with E-state index in [1.807, 2.05) is 13.8 Å². The summed E-state index contributed by atoms with van der Waals surface area (Å²) >= 11 is 0. The van der Waals surface area contributed by atoms with Gasteiger partial charge in [-0.2, -0.15) is 0 Å². The van der Waals surface area contributed by atoms with Gasteiger partial charge in [0.05, 0.1) is 0 Å². The molecule has 1 aromatic rings. The largest absolute Gasteiger partial charge is 0.481 e. The van der Waals surface area contributed by atoms with Crippen LogP contribution in [0.25, 0.3) is 0 Å². The van der Waals surface area contributed by atoms with E-state index in [-0.39, 0.29) is 17.8 Å². The van der Waals surface area contributed by atoms with Crippen LogP contribution in [0.4, 0.5) is 4.39 Å². The van der Waals surface area contributed by atoms with Crippen molar-refractivity contribution in [2.75, 3.05) is 0 Å². The molecule has 0 aliphatic rings. The lowest BCUT2D eigenvalue weighted by atomic mass is 10.2. The summed E-state index contributed by atoms with van der Waals surface area (Å²) in [5, 5.41) is 2.84. The van der Waals surface area contributed by atoms with Crippen molar-refractivity contribution in [3.05, 3.63) is 29.6 Å². The molecule has 100 valence electrons. The lowest BCUT2D eigenvalue weighted by Gasteiger charge is -2.18. The maximum atomic E-state index is 12.9. The van der Waals surface area contributed by atoms with Crippen LogP contribution in [-0.2, 0) is 4.79 Å². The number of amides is 1. The molecule has 0 heterocycles. The number of hydrogen-bond donors (Lipinski definition) is 1. The molecular formula is C14H20FNO2. The molecule has 0 saturated heterocycles. The number of carbonyl (C=O) groups is 1. The predicted molar refractivity (Wildman–Crippen MR) is 69.1 cm³/mol. The smallest absolute Gasteiger partial charge is 0.260 e. The minimum Gasteiger partial charge on any atom is -0.481 e. The Labute approximate surface area is 107 Å². The van der Waals surface area contributed by atoms with Gasteiger partial charge in [-0.25, -0.2) is 4.39 Å². The van der Waals surface area contributed by atoms with Gasteiger partial charge in [-0.05, 0) is 51.0 Å². The Balaban J connectivity index is 2.63. The summed E-state index contributed by atoms with van der Waals surface area (Å²) in [5.74, 6) is 0.0628. The van der Waals surface area contributed by atoms with Crippen molar-refractivity contribution in [1.82, 2.24) is 5.32 Å². The zero-order valence-electron chi connectivity index (χ0n) is 11.3. The number of benzene rings is 1. The Kier molecular flexibility index (Phi) is 5.13. The van der Waals surface area contributed by atoms with Crippen molar-refractivity contribution in [2.24, 2.45) is 0 Å². The van der Waals surface area contributed by atoms with Crippen molar-refractivity contribution in [3.8, 4) is 5.75 Å². The fourth-order valence-corrected chi connectivity index (χ4v) is 1.45. The number of ether oxygens (including phenoxy) is 1. The Bertz CT molecular complexity index is 420. The second kappa shape index (κ2) is 6.38. The van der Waals surface area contributed by atoms with Gasteiger partial charge in [0.2, 0.25) is 0 Å².